The fraction of sp³-hybridized carbons (Fsp3) is 0.524. The summed E-state index contributed by atoms with van der Waals surface area (Å²) < 4.78 is 12.6. The number of piperidine rings is 1. The van der Waals surface area contributed by atoms with Gasteiger partial charge in [-0.1, -0.05) is 0 Å². The normalized spacial score (nSPS) is 16.1. The summed E-state index contributed by atoms with van der Waals surface area (Å²) >= 11 is 0. The average Bonchev–Trinajstić information content (AvgIpc) is 3.22. The molecule has 2 N–H and O–H groups in total. The van der Waals surface area contributed by atoms with Crippen LogP contribution in [0, 0.1) is 0 Å². The van der Waals surface area contributed by atoms with Gasteiger partial charge in [-0.3, -0.25) is 4.79 Å². The van der Waals surface area contributed by atoms with Crippen molar-refractivity contribution in [3.05, 3.63) is 46.0 Å². The number of nitrogens with zero attached hydrogens (tertiary/aromatic N) is 4. The van der Waals surface area contributed by atoms with Crippen LogP contribution >= 0.6 is 0 Å². The quantitative estimate of drug-likeness (QED) is 0.565. The van der Waals surface area contributed by atoms with E-state index in [1.807, 2.05) is 31.2 Å². The van der Waals surface area contributed by atoms with Gasteiger partial charge in [0.05, 0.1) is 38.4 Å². The lowest BCUT2D eigenvalue weighted by molar-refractivity contribution is -0.931. The van der Waals surface area contributed by atoms with Crippen molar-refractivity contribution in [2.24, 2.45) is 0 Å². The molecule has 0 spiro atoms. The van der Waals surface area contributed by atoms with E-state index in [1.54, 1.807) is 11.8 Å². The highest BCUT2D eigenvalue weighted by atomic mass is 16.5. The van der Waals surface area contributed by atoms with Crippen molar-refractivity contribution in [3.63, 3.8) is 0 Å². The third-order valence-electron chi connectivity index (χ3n) is 5.70. The van der Waals surface area contributed by atoms with Crippen molar-refractivity contribution in [1.29, 1.82) is 0 Å². The molecule has 4 rings (SSSR count). The zero-order chi connectivity index (χ0) is 20.9. The number of benzene rings is 1. The molecule has 9 nitrogen and oxygen atoms in total. The first-order valence-corrected chi connectivity index (χ1v) is 10.6. The van der Waals surface area contributed by atoms with Crippen LogP contribution in [0.25, 0.3) is 10.9 Å². The highest BCUT2D eigenvalue weighted by Crippen LogP contribution is 2.23. The Labute approximate surface area is 175 Å². The lowest BCUT2D eigenvalue weighted by atomic mass is 10.0. The molecular weight excluding hydrogens is 384 g/mol. The summed E-state index contributed by atoms with van der Waals surface area (Å²) in [7, 11) is 1.65. The minimum absolute atomic E-state index is 0.101. The van der Waals surface area contributed by atoms with Gasteiger partial charge in [0.1, 0.15) is 5.75 Å². The summed E-state index contributed by atoms with van der Waals surface area (Å²) in [6, 6.07) is 7.46. The fourth-order valence-corrected chi connectivity index (χ4v) is 4.26. The van der Waals surface area contributed by atoms with Crippen molar-refractivity contribution in [2.75, 3.05) is 33.4 Å². The second-order valence-corrected chi connectivity index (χ2v) is 7.64. The van der Waals surface area contributed by atoms with E-state index in [0.717, 1.165) is 42.6 Å². The molecule has 1 atom stereocenters. The molecule has 1 saturated heterocycles. The number of aromatic amines is 1. The van der Waals surface area contributed by atoms with Crippen molar-refractivity contribution in [1.82, 2.24) is 25.2 Å². The molecule has 3 aromatic rings. The molecule has 0 saturated carbocycles. The Bertz CT molecular complexity index is 1040. The molecule has 0 unspecified atom stereocenters. The molecule has 0 bridgehead atoms. The van der Waals surface area contributed by atoms with Gasteiger partial charge < -0.3 is 19.4 Å². The van der Waals surface area contributed by atoms with Gasteiger partial charge in [0.15, 0.2) is 6.04 Å². The zero-order valence-corrected chi connectivity index (χ0v) is 17.6. The third kappa shape index (κ3) is 4.22. The Morgan fingerprint density at radius 1 is 1.23 bits per heavy atom. The number of fused-ring (bicyclic) bond motifs is 1. The van der Waals surface area contributed by atoms with E-state index in [2.05, 4.69) is 20.5 Å². The minimum Gasteiger partial charge on any atom is -0.494 e. The number of ether oxygens (including phenoxy) is 2. The molecule has 0 aliphatic carbocycles. The summed E-state index contributed by atoms with van der Waals surface area (Å²) in [5.41, 5.74) is 1.37. The van der Waals surface area contributed by atoms with Gasteiger partial charge in [0.2, 0.25) is 5.82 Å². The number of aromatic nitrogens is 5. The van der Waals surface area contributed by atoms with Gasteiger partial charge in [0.25, 0.3) is 5.56 Å². The van der Waals surface area contributed by atoms with Crippen LogP contribution in [-0.2, 0) is 11.3 Å². The molecular formula is C21H29N6O3+. The summed E-state index contributed by atoms with van der Waals surface area (Å²) in [5.74, 6) is 1.49. The summed E-state index contributed by atoms with van der Waals surface area (Å²) in [6.45, 7) is 5.57. The molecule has 1 fully saturated rings. The van der Waals surface area contributed by atoms with E-state index in [9.17, 15) is 4.79 Å². The second kappa shape index (κ2) is 9.36. The van der Waals surface area contributed by atoms with Crippen molar-refractivity contribution < 1.29 is 14.4 Å². The largest absolute Gasteiger partial charge is 0.494 e. The number of methoxy groups -OCH3 is 1. The Morgan fingerprint density at radius 3 is 2.83 bits per heavy atom. The van der Waals surface area contributed by atoms with E-state index in [0.29, 0.717) is 31.1 Å². The standard InChI is InChI=1S/C21H28N6O3/c1-3-30-16-7-8-18-15(13-16)14-17(21(28)22-18)19(26-9-5-4-6-10-26)20-23-24-25-27(20)11-12-29-2/h7-8,13-14,19H,3-6,9-12H2,1-2H3,(H,22,28)/p+1/t19-/m0/s1. The van der Waals surface area contributed by atoms with Crippen LogP contribution in [0.15, 0.2) is 29.1 Å². The molecule has 3 heterocycles. The van der Waals surface area contributed by atoms with Gasteiger partial charge in [-0.25, -0.2) is 4.68 Å². The van der Waals surface area contributed by atoms with E-state index in [4.69, 9.17) is 9.47 Å². The SMILES string of the molecule is CCOc1ccc2[nH]c(=O)c([C@@H](c3nnnn3CCOC)[NH+]3CCCCC3)cc2c1. The molecule has 2 aromatic heterocycles. The smallest absolute Gasteiger partial charge is 0.258 e. The van der Waals surface area contributed by atoms with Gasteiger partial charge in [-0.15, -0.1) is 5.10 Å². The first-order valence-electron chi connectivity index (χ1n) is 10.6. The maximum absolute atomic E-state index is 13.1. The number of likely N-dealkylation sites (tertiary alicyclic amines) is 1. The summed E-state index contributed by atoms with van der Waals surface area (Å²) in [6.07, 6.45) is 3.48. The van der Waals surface area contributed by atoms with E-state index in [-0.39, 0.29) is 11.6 Å². The molecule has 9 heteroatoms. The number of H-pyrrole nitrogens is 1. The van der Waals surface area contributed by atoms with Crippen LogP contribution in [0.2, 0.25) is 0 Å². The van der Waals surface area contributed by atoms with Crippen LogP contribution < -0.4 is 15.2 Å². The predicted octanol–water partition coefficient (Wildman–Crippen LogP) is 0.718. The van der Waals surface area contributed by atoms with Gasteiger partial charge in [-0.2, -0.15) is 0 Å². The summed E-state index contributed by atoms with van der Waals surface area (Å²) in [4.78, 5) is 17.5. The first-order chi connectivity index (χ1) is 14.7. The Balaban J connectivity index is 1.82. The van der Waals surface area contributed by atoms with Crippen LogP contribution in [0.4, 0.5) is 0 Å². The third-order valence-corrected chi connectivity index (χ3v) is 5.70. The molecule has 30 heavy (non-hydrogen) atoms. The lowest BCUT2D eigenvalue weighted by Gasteiger charge is -2.30. The fourth-order valence-electron chi connectivity index (χ4n) is 4.26. The van der Waals surface area contributed by atoms with Gasteiger partial charge in [0, 0.05) is 18.0 Å². The molecule has 1 aliphatic rings. The monoisotopic (exact) mass is 413 g/mol. The number of quaternary nitrogens is 1. The second-order valence-electron chi connectivity index (χ2n) is 7.64. The van der Waals surface area contributed by atoms with E-state index in [1.165, 1.54) is 11.3 Å². The van der Waals surface area contributed by atoms with E-state index >= 15 is 0 Å². The first kappa shape index (κ1) is 20.5. The molecule has 1 aliphatic heterocycles. The highest BCUT2D eigenvalue weighted by Gasteiger charge is 2.34. The predicted molar refractivity (Wildman–Crippen MR) is 112 cm³/mol. The minimum atomic E-state index is -0.235. The molecule has 0 radical (unpaired) electrons. The maximum Gasteiger partial charge on any atom is 0.258 e. The number of hydrogen-bond donors (Lipinski definition) is 2. The number of hydrogen-bond acceptors (Lipinski definition) is 6. The Kier molecular flexibility index (Phi) is 6.39. The molecule has 1 aromatic carbocycles. The van der Waals surface area contributed by atoms with Crippen LogP contribution in [0.5, 0.6) is 5.75 Å². The molecule has 160 valence electrons. The van der Waals surface area contributed by atoms with Crippen molar-refractivity contribution in [3.8, 4) is 5.75 Å². The highest BCUT2D eigenvalue weighted by molar-refractivity contribution is 5.80. The number of nitrogens with one attached hydrogen (secondary N) is 2. The zero-order valence-electron chi connectivity index (χ0n) is 17.6. The van der Waals surface area contributed by atoms with Gasteiger partial charge in [-0.05, 0) is 60.9 Å². The Hall–Kier alpha value is -2.78. The maximum atomic E-state index is 13.1. The van der Waals surface area contributed by atoms with Crippen LogP contribution in [0.3, 0.4) is 0 Å². The number of rotatable bonds is 8. The van der Waals surface area contributed by atoms with Crippen LogP contribution in [-0.4, -0.2) is 58.6 Å². The average molecular weight is 414 g/mol. The van der Waals surface area contributed by atoms with Gasteiger partial charge >= 0.3 is 0 Å². The van der Waals surface area contributed by atoms with Crippen molar-refractivity contribution in [2.45, 2.75) is 38.8 Å². The summed E-state index contributed by atoms with van der Waals surface area (Å²) in [5, 5.41) is 13.3. The number of pyridine rings is 1. The van der Waals surface area contributed by atoms with Crippen LogP contribution in [0.1, 0.15) is 43.6 Å². The van der Waals surface area contributed by atoms with Crippen molar-refractivity contribution >= 4 is 10.9 Å². The van der Waals surface area contributed by atoms with E-state index < -0.39 is 0 Å². The lowest BCUT2D eigenvalue weighted by Crippen LogP contribution is -3.13. The topological polar surface area (TPSA) is 99.4 Å². The Morgan fingerprint density at radius 2 is 2.07 bits per heavy atom. The number of tetrazole rings is 1. The molecule has 0 amide bonds.